The predicted molar refractivity (Wildman–Crippen MR) is 107 cm³/mol. The molecule has 148 valence electrons. The highest BCUT2D eigenvalue weighted by atomic mass is 32.2. The largest absolute Gasteiger partial charge is 0.493 e. The second-order valence-electron chi connectivity index (χ2n) is 5.67. The molecule has 8 nitrogen and oxygen atoms in total. The molecule has 0 bridgehead atoms. The van der Waals surface area contributed by atoms with Crippen LogP contribution in [0.1, 0.15) is 0 Å². The van der Waals surface area contributed by atoms with Gasteiger partial charge in [-0.3, -0.25) is 4.79 Å². The molecule has 0 saturated carbocycles. The third-order valence-corrected chi connectivity index (χ3v) is 6.27. The quantitative estimate of drug-likeness (QED) is 0.597. The molecule has 0 spiro atoms. The minimum atomic E-state index is -3.78. The second kappa shape index (κ2) is 8.55. The van der Waals surface area contributed by atoms with E-state index in [9.17, 15) is 13.2 Å². The van der Waals surface area contributed by atoms with E-state index in [-0.39, 0.29) is 23.5 Å². The van der Waals surface area contributed by atoms with E-state index in [1.165, 1.54) is 54.5 Å². The third kappa shape index (κ3) is 4.41. The number of sulfonamides is 1. The van der Waals surface area contributed by atoms with Crippen LogP contribution in [0, 0.1) is 0 Å². The molecule has 0 atom stereocenters. The van der Waals surface area contributed by atoms with E-state index in [4.69, 9.17) is 9.47 Å². The summed E-state index contributed by atoms with van der Waals surface area (Å²) in [6, 6.07) is 11.2. The highest BCUT2D eigenvalue weighted by Gasteiger charge is 2.17. The fourth-order valence-electron chi connectivity index (χ4n) is 2.52. The van der Waals surface area contributed by atoms with Crippen LogP contribution in [0.15, 0.2) is 57.5 Å². The average Bonchev–Trinajstić information content (AvgIpc) is 3.23. The normalized spacial score (nSPS) is 11.4. The molecule has 1 aromatic carbocycles. The predicted octanol–water partition coefficient (Wildman–Crippen LogP) is 1.97. The van der Waals surface area contributed by atoms with Crippen LogP contribution in [0.5, 0.6) is 11.5 Å². The monoisotopic (exact) mass is 421 g/mol. The fraction of sp³-hybridized carbons (Fsp3) is 0.222. The van der Waals surface area contributed by atoms with Crippen molar-refractivity contribution >= 4 is 21.4 Å². The average molecular weight is 422 g/mol. The molecule has 0 amide bonds. The Morgan fingerprint density at radius 3 is 2.57 bits per heavy atom. The van der Waals surface area contributed by atoms with Gasteiger partial charge in [-0.05, 0) is 29.6 Å². The Morgan fingerprint density at radius 2 is 1.89 bits per heavy atom. The summed E-state index contributed by atoms with van der Waals surface area (Å²) in [7, 11) is -0.878. The number of nitrogens with zero attached hydrogens (tertiary/aromatic N) is 2. The first-order valence-corrected chi connectivity index (χ1v) is 10.6. The van der Waals surface area contributed by atoms with Crippen LogP contribution < -0.4 is 19.8 Å². The van der Waals surface area contributed by atoms with E-state index in [0.29, 0.717) is 17.2 Å². The summed E-state index contributed by atoms with van der Waals surface area (Å²) >= 11 is 1.51. The molecule has 3 rings (SSSR count). The molecule has 28 heavy (non-hydrogen) atoms. The summed E-state index contributed by atoms with van der Waals surface area (Å²) in [5.41, 5.74) is 0.364. The Labute approximate surface area is 166 Å². The Balaban J connectivity index is 1.72. The number of nitrogens with one attached hydrogen (secondary N) is 1. The number of rotatable bonds is 8. The van der Waals surface area contributed by atoms with Crippen molar-refractivity contribution in [2.24, 2.45) is 0 Å². The van der Waals surface area contributed by atoms with Gasteiger partial charge in [0.1, 0.15) is 5.69 Å². The summed E-state index contributed by atoms with van der Waals surface area (Å²) in [6.07, 6.45) is 0. The minimum absolute atomic E-state index is 0.0114. The molecule has 0 aliphatic heterocycles. The van der Waals surface area contributed by atoms with Crippen molar-refractivity contribution in [3.05, 3.63) is 58.2 Å². The summed E-state index contributed by atoms with van der Waals surface area (Å²) in [6.45, 7) is 0.113. The van der Waals surface area contributed by atoms with Gasteiger partial charge in [0.05, 0.1) is 30.5 Å². The molecule has 1 N–H and O–H groups in total. The van der Waals surface area contributed by atoms with E-state index in [1.807, 2.05) is 17.5 Å². The lowest BCUT2D eigenvalue weighted by Gasteiger charge is -2.11. The van der Waals surface area contributed by atoms with Gasteiger partial charge in [-0.15, -0.1) is 11.3 Å². The summed E-state index contributed by atoms with van der Waals surface area (Å²) in [5.74, 6) is 0.745. The Kier molecular flexibility index (Phi) is 6.12. The van der Waals surface area contributed by atoms with Gasteiger partial charge in [0.2, 0.25) is 10.0 Å². The zero-order chi connectivity index (χ0) is 20.1. The lowest BCUT2D eigenvalue weighted by molar-refractivity contribution is 0.354. The lowest BCUT2D eigenvalue weighted by Crippen LogP contribution is -2.32. The van der Waals surface area contributed by atoms with Crippen molar-refractivity contribution in [1.82, 2.24) is 14.5 Å². The molecule has 2 aromatic heterocycles. The molecule has 0 fully saturated rings. The van der Waals surface area contributed by atoms with E-state index in [0.717, 1.165) is 4.88 Å². The van der Waals surface area contributed by atoms with Crippen LogP contribution in [-0.2, 0) is 16.6 Å². The number of ether oxygens (including phenoxy) is 2. The third-order valence-electron chi connectivity index (χ3n) is 3.92. The van der Waals surface area contributed by atoms with Gasteiger partial charge in [-0.25, -0.2) is 17.8 Å². The summed E-state index contributed by atoms with van der Waals surface area (Å²) in [5, 5.41) is 6.22. The zero-order valence-electron chi connectivity index (χ0n) is 15.3. The Hall–Kier alpha value is -2.69. The van der Waals surface area contributed by atoms with E-state index in [2.05, 4.69) is 9.82 Å². The number of hydrogen-bond acceptors (Lipinski definition) is 7. The van der Waals surface area contributed by atoms with Crippen LogP contribution >= 0.6 is 11.3 Å². The highest BCUT2D eigenvalue weighted by Crippen LogP contribution is 2.29. The molecule has 0 aliphatic carbocycles. The maximum Gasteiger partial charge on any atom is 0.266 e. The van der Waals surface area contributed by atoms with Gasteiger partial charge in [-0.2, -0.15) is 5.10 Å². The van der Waals surface area contributed by atoms with Gasteiger partial charge in [0.15, 0.2) is 11.5 Å². The van der Waals surface area contributed by atoms with Crippen LogP contribution in [0.25, 0.3) is 10.6 Å². The molecule has 0 radical (unpaired) electrons. The molecule has 0 unspecified atom stereocenters. The Bertz CT molecular complexity index is 1110. The highest BCUT2D eigenvalue weighted by molar-refractivity contribution is 7.89. The zero-order valence-corrected chi connectivity index (χ0v) is 16.9. The van der Waals surface area contributed by atoms with Crippen molar-refractivity contribution in [2.75, 3.05) is 20.8 Å². The van der Waals surface area contributed by atoms with Crippen molar-refractivity contribution in [3.8, 4) is 22.1 Å². The maximum absolute atomic E-state index is 12.5. The summed E-state index contributed by atoms with van der Waals surface area (Å²) < 4.78 is 39.0. The first kappa shape index (κ1) is 20.1. The lowest BCUT2D eigenvalue weighted by atomic mass is 10.3. The van der Waals surface area contributed by atoms with E-state index >= 15 is 0 Å². The first-order valence-electron chi connectivity index (χ1n) is 8.28. The van der Waals surface area contributed by atoms with Gasteiger partial charge in [-0.1, -0.05) is 6.07 Å². The van der Waals surface area contributed by atoms with Crippen LogP contribution in [0.3, 0.4) is 0 Å². The van der Waals surface area contributed by atoms with E-state index in [1.54, 1.807) is 6.07 Å². The number of aromatic nitrogens is 2. The van der Waals surface area contributed by atoms with E-state index < -0.39 is 10.0 Å². The first-order chi connectivity index (χ1) is 13.4. The maximum atomic E-state index is 12.5. The van der Waals surface area contributed by atoms with Crippen LogP contribution in [0.2, 0.25) is 0 Å². The van der Waals surface area contributed by atoms with Gasteiger partial charge in [0.25, 0.3) is 5.56 Å². The number of thiophene rings is 1. The van der Waals surface area contributed by atoms with Gasteiger partial charge >= 0.3 is 0 Å². The van der Waals surface area contributed by atoms with Gasteiger partial charge < -0.3 is 9.47 Å². The topological polar surface area (TPSA) is 99.5 Å². The molecule has 0 aliphatic rings. The van der Waals surface area contributed by atoms with Crippen molar-refractivity contribution in [1.29, 1.82) is 0 Å². The number of hydrogen-bond donors (Lipinski definition) is 1. The summed E-state index contributed by atoms with van der Waals surface area (Å²) in [4.78, 5) is 13.0. The van der Waals surface area contributed by atoms with Crippen molar-refractivity contribution in [2.45, 2.75) is 11.4 Å². The van der Waals surface area contributed by atoms with Gasteiger partial charge in [0, 0.05) is 18.7 Å². The van der Waals surface area contributed by atoms with Crippen LogP contribution in [0.4, 0.5) is 0 Å². The second-order valence-corrected chi connectivity index (χ2v) is 8.39. The number of methoxy groups -OCH3 is 2. The smallest absolute Gasteiger partial charge is 0.266 e. The minimum Gasteiger partial charge on any atom is -0.493 e. The molecule has 2 heterocycles. The van der Waals surface area contributed by atoms with Crippen LogP contribution in [-0.4, -0.2) is 39.0 Å². The number of benzene rings is 1. The van der Waals surface area contributed by atoms with Crippen molar-refractivity contribution < 1.29 is 17.9 Å². The molecular formula is C18H19N3O5S2. The molecule has 10 heteroatoms. The molecule has 0 saturated heterocycles. The molecular weight excluding hydrogens is 402 g/mol. The SMILES string of the molecule is COc1ccc(S(=O)(=O)NCCn2nc(-c3cccs3)ccc2=O)cc1OC. The standard InChI is InChI=1S/C18H19N3O5S2/c1-25-15-7-5-13(12-16(15)26-2)28(23,24)19-9-10-21-18(22)8-6-14(20-21)17-4-3-11-27-17/h3-8,11-12,19H,9-10H2,1-2H3. The van der Waals surface area contributed by atoms with Crippen molar-refractivity contribution in [3.63, 3.8) is 0 Å². The molecule has 3 aromatic rings. The fourth-order valence-corrected chi connectivity index (χ4v) is 4.24. The Morgan fingerprint density at radius 1 is 1.11 bits per heavy atom.